The van der Waals surface area contributed by atoms with Crippen LogP contribution in [0.3, 0.4) is 0 Å². The van der Waals surface area contributed by atoms with E-state index in [1.54, 1.807) is 0 Å². The highest BCUT2D eigenvalue weighted by Crippen LogP contribution is 2.35. The quantitative estimate of drug-likeness (QED) is 0.773. The lowest BCUT2D eigenvalue weighted by Crippen LogP contribution is -2.24. The van der Waals surface area contributed by atoms with Crippen molar-refractivity contribution in [3.8, 4) is 0 Å². The zero-order chi connectivity index (χ0) is 12.2. The van der Waals surface area contributed by atoms with Crippen molar-refractivity contribution < 1.29 is 0 Å². The molecule has 0 N–H and O–H groups in total. The first-order valence-electron chi connectivity index (χ1n) is 7.68. The molecule has 1 saturated carbocycles. The summed E-state index contributed by atoms with van der Waals surface area (Å²) in [7, 11) is 0. The van der Waals surface area contributed by atoms with Crippen LogP contribution in [0.5, 0.6) is 0 Å². The Morgan fingerprint density at radius 1 is 0.889 bits per heavy atom. The highest BCUT2D eigenvalue weighted by atomic mass is 15.1. The second-order valence-electron chi connectivity index (χ2n) is 6.17. The van der Waals surface area contributed by atoms with E-state index in [2.05, 4.69) is 35.2 Å². The van der Waals surface area contributed by atoms with E-state index < -0.39 is 0 Å². The third-order valence-corrected chi connectivity index (χ3v) is 4.87. The molecule has 1 aromatic carbocycles. The van der Waals surface area contributed by atoms with Crippen LogP contribution in [0.2, 0.25) is 0 Å². The number of benzene rings is 1. The van der Waals surface area contributed by atoms with Gasteiger partial charge in [0.05, 0.1) is 0 Å². The van der Waals surface area contributed by atoms with Crippen molar-refractivity contribution in [1.29, 1.82) is 0 Å². The molecule has 0 amide bonds. The molecule has 1 unspecified atom stereocenters. The number of hydrogen-bond donors (Lipinski definition) is 0. The Balaban J connectivity index is 1.52. The molecule has 1 heteroatoms. The lowest BCUT2D eigenvalue weighted by Gasteiger charge is -2.27. The number of nitrogens with zero attached hydrogens (tertiary/aromatic N) is 1. The fourth-order valence-electron chi connectivity index (χ4n) is 3.84. The molecule has 3 rings (SSSR count). The van der Waals surface area contributed by atoms with Gasteiger partial charge < -0.3 is 0 Å². The Bertz CT molecular complexity index is 353. The lowest BCUT2D eigenvalue weighted by atomic mass is 9.80. The van der Waals surface area contributed by atoms with E-state index >= 15 is 0 Å². The Morgan fingerprint density at radius 3 is 2.44 bits per heavy atom. The van der Waals surface area contributed by atoms with Gasteiger partial charge in [0.15, 0.2) is 0 Å². The lowest BCUT2D eigenvalue weighted by molar-refractivity contribution is 0.234. The summed E-state index contributed by atoms with van der Waals surface area (Å²) in [6, 6.07) is 10.9. The van der Waals surface area contributed by atoms with E-state index in [-0.39, 0.29) is 0 Å². The maximum Gasteiger partial charge on any atom is 0.0233 e. The minimum Gasteiger partial charge on any atom is -0.299 e. The zero-order valence-electron chi connectivity index (χ0n) is 11.4. The van der Waals surface area contributed by atoms with Crippen LogP contribution >= 0.6 is 0 Å². The average Bonchev–Trinajstić information content (AvgIpc) is 2.89. The van der Waals surface area contributed by atoms with Gasteiger partial charge in [-0.25, -0.2) is 0 Å². The maximum atomic E-state index is 2.66. The molecule has 2 fully saturated rings. The highest BCUT2D eigenvalue weighted by Gasteiger charge is 2.29. The van der Waals surface area contributed by atoms with Gasteiger partial charge in [-0.2, -0.15) is 0 Å². The summed E-state index contributed by atoms with van der Waals surface area (Å²) in [5.41, 5.74) is 1.47. The second-order valence-corrected chi connectivity index (χ2v) is 6.17. The van der Waals surface area contributed by atoms with E-state index in [4.69, 9.17) is 0 Å². The highest BCUT2D eigenvalue weighted by molar-refractivity contribution is 5.14. The van der Waals surface area contributed by atoms with Crippen LogP contribution in [0.4, 0.5) is 0 Å². The summed E-state index contributed by atoms with van der Waals surface area (Å²) in [5.74, 6) is 2.04. The monoisotopic (exact) mass is 243 g/mol. The largest absolute Gasteiger partial charge is 0.299 e. The normalized spacial score (nSPS) is 26.6. The Labute approximate surface area is 111 Å². The van der Waals surface area contributed by atoms with Crippen molar-refractivity contribution in [2.45, 2.75) is 45.1 Å². The first-order valence-corrected chi connectivity index (χ1v) is 7.68. The van der Waals surface area contributed by atoms with Crippen LogP contribution < -0.4 is 0 Å². The molecular weight excluding hydrogens is 218 g/mol. The van der Waals surface area contributed by atoms with E-state index in [1.165, 1.54) is 57.2 Å². The average molecular weight is 243 g/mol. The van der Waals surface area contributed by atoms with Crippen molar-refractivity contribution in [2.75, 3.05) is 13.1 Å². The van der Waals surface area contributed by atoms with Crippen LogP contribution in [0.1, 0.15) is 44.1 Å². The van der Waals surface area contributed by atoms with Crippen molar-refractivity contribution in [1.82, 2.24) is 4.90 Å². The van der Waals surface area contributed by atoms with Gasteiger partial charge in [0.1, 0.15) is 0 Å². The van der Waals surface area contributed by atoms with Crippen molar-refractivity contribution in [2.24, 2.45) is 11.8 Å². The van der Waals surface area contributed by atoms with Crippen LogP contribution in [0, 0.1) is 11.8 Å². The number of hydrogen-bond acceptors (Lipinski definition) is 1. The third-order valence-electron chi connectivity index (χ3n) is 4.87. The predicted octanol–water partition coefficient (Wildman–Crippen LogP) is 4.09. The molecule has 0 aromatic heterocycles. The summed E-state index contributed by atoms with van der Waals surface area (Å²) in [4.78, 5) is 2.66. The molecule has 1 saturated heterocycles. The minimum atomic E-state index is 0.994. The topological polar surface area (TPSA) is 3.24 Å². The Morgan fingerprint density at radius 2 is 1.67 bits per heavy atom. The molecule has 1 aliphatic carbocycles. The zero-order valence-corrected chi connectivity index (χ0v) is 11.4. The first kappa shape index (κ1) is 12.2. The van der Waals surface area contributed by atoms with Gasteiger partial charge in [-0.15, -0.1) is 0 Å². The van der Waals surface area contributed by atoms with E-state index in [0.29, 0.717) is 0 Å². The Kier molecular flexibility index (Phi) is 3.99. The molecule has 0 bridgehead atoms. The van der Waals surface area contributed by atoms with E-state index in [0.717, 1.165) is 18.4 Å². The molecule has 1 atom stereocenters. The van der Waals surface area contributed by atoms with Gasteiger partial charge in [-0.1, -0.05) is 62.4 Å². The Hall–Kier alpha value is -0.820. The van der Waals surface area contributed by atoms with E-state index in [1.807, 2.05) is 0 Å². The number of likely N-dealkylation sites (tertiary alicyclic amines) is 1. The second kappa shape index (κ2) is 5.88. The molecule has 1 nitrogen and oxygen atoms in total. The molecule has 2 aliphatic rings. The molecular formula is C17H25N. The summed E-state index contributed by atoms with van der Waals surface area (Å²) >= 11 is 0. The fourth-order valence-corrected chi connectivity index (χ4v) is 3.84. The van der Waals surface area contributed by atoms with Crippen LogP contribution in [0.25, 0.3) is 0 Å². The standard InChI is InChI=1S/C17H25N/c1-3-7-15(8-4-1)13-18-12-11-17(14-18)16-9-5-2-6-10-16/h1,3-4,7-8,16-17H,2,5-6,9-14H2. The summed E-state index contributed by atoms with van der Waals surface area (Å²) < 4.78 is 0. The minimum absolute atomic E-state index is 0.994. The molecule has 1 aliphatic heterocycles. The number of rotatable bonds is 3. The van der Waals surface area contributed by atoms with Gasteiger partial charge in [0.25, 0.3) is 0 Å². The van der Waals surface area contributed by atoms with Crippen LogP contribution in [-0.2, 0) is 6.54 Å². The molecule has 1 heterocycles. The van der Waals surface area contributed by atoms with Gasteiger partial charge >= 0.3 is 0 Å². The summed E-state index contributed by atoms with van der Waals surface area (Å²) in [6.07, 6.45) is 8.90. The molecule has 98 valence electrons. The van der Waals surface area contributed by atoms with Crippen molar-refractivity contribution in [3.05, 3.63) is 35.9 Å². The van der Waals surface area contributed by atoms with Gasteiger partial charge in [0.2, 0.25) is 0 Å². The summed E-state index contributed by atoms with van der Waals surface area (Å²) in [6.45, 7) is 3.82. The third kappa shape index (κ3) is 2.95. The summed E-state index contributed by atoms with van der Waals surface area (Å²) in [5, 5.41) is 0. The van der Waals surface area contributed by atoms with Crippen LogP contribution in [0.15, 0.2) is 30.3 Å². The van der Waals surface area contributed by atoms with Crippen molar-refractivity contribution >= 4 is 0 Å². The van der Waals surface area contributed by atoms with Gasteiger partial charge in [-0.3, -0.25) is 4.90 Å². The maximum absolute atomic E-state index is 2.66. The van der Waals surface area contributed by atoms with E-state index in [9.17, 15) is 0 Å². The van der Waals surface area contributed by atoms with Crippen molar-refractivity contribution in [3.63, 3.8) is 0 Å². The van der Waals surface area contributed by atoms with Crippen LogP contribution in [-0.4, -0.2) is 18.0 Å². The van der Waals surface area contributed by atoms with Gasteiger partial charge in [-0.05, 0) is 30.4 Å². The SMILES string of the molecule is c1ccc(CN2CCC(C3CCCCC3)C2)cc1. The smallest absolute Gasteiger partial charge is 0.0233 e. The predicted molar refractivity (Wildman–Crippen MR) is 76.4 cm³/mol. The molecule has 0 radical (unpaired) electrons. The first-order chi connectivity index (χ1) is 8.92. The molecule has 0 spiro atoms. The van der Waals surface area contributed by atoms with Gasteiger partial charge in [0, 0.05) is 13.1 Å². The molecule has 18 heavy (non-hydrogen) atoms. The molecule has 1 aromatic rings. The fraction of sp³-hybridized carbons (Fsp3) is 0.647.